The molecule has 2 aromatic heterocycles. The van der Waals surface area contributed by atoms with Crippen LogP contribution in [0.1, 0.15) is 24.0 Å². The zero-order valence-corrected chi connectivity index (χ0v) is 13.2. The van der Waals surface area contributed by atoms with E-state index in [9.17, 15) is 5.11 Å². The largest absolute Gasteiger partial charge is 0.395 e. The van der Waals surface area contributed by atoms with Crippen LogP contribution in [0.5, 0.6) is 0 Å². The predicted octanol–water partition coefficient (Wildman–Crippen LogP) is 1.55. The second kappa shape index (κ2) is 6.56. The van der Waals surface area contributed by atoms with Gasteiger partial charge in [0, 0.05) is 29.2 Å². The number of hydrogen-bond donors (Lipinski definition) is 2. The Hall–Kier alpha value is -1.11. The average Bonchev–Trinajstić information content (AvgIpc) is 2.81. The summed E-state index contributed by atoms with van der Waals surface area (Å²) in [6.45, 7) is 7.03. The molecule has 0 aliphatic heterocycles. The Balaban J connectivity index is 2.15. The number of fused-ring (bicyclic) bond motifs is 1. The molecule has 5 nitrogen and oxygen atoms in total. The lowest BCUT2D eigenvalue weighted by Crippen LogP contribution is -2.37. The van der Waals surface area contributed by atoms with Crippen LogP contribution in [0.15, 0.2) is 12.3 Å². The minimum absolute atomic E-state index is 0.183. The highest BCUT2D eigenvalue weighted by Crippen LogP contribution is 2.13. The highest BCUT2D eigenvalue weighted by atomic mass is 32.2. The van der Waals surface area contributed by atoms with E-state index in [0.29, 0.717) is 6.54 Å². The summed E-state index contributed by atoms with van der Waals surface area (Å²) in [6, 6.07) is 2.29. The molecular weight excluding hydrogens is 272 g/mol. The Morgan fingerprint density at radius 2 is 2.20 bits per heavy atom. The molecule has 6 heteroatoms. The first-order valence-corrected chi connectivity index (χ1v) is 8.03. The summed E-state index contributed by atoms with van der Waals surface area (Å²) in [4.78, 5) is 8.79. The van der Waals surface area contributed by atoms with Gasteiger partial charge in [-0.1, -0.05) is 0 Å². The molecule has 0 aliphatic rings. The number of aryl methyl sites for hydroxylation is 2. The van der Waals surface area contributed by atoms with Gasteiger partial charge in [0.2, 0.25) is 5.78 Å². The van der Waals surface area contributed by atoms with E-state index in [1.807, 2.05) is 19.4 Å². The standard InChI is InChI=1S/C14H22N4OS/c1-9-5-10(2)18-12(7-16-14(18)17-9)6-15-11(3)13(8-19)20-4/h5,7,11,13,15,19H,6,8H2,1-4H3. The van der Waals surface area contributed by atoms with E-state index in [0.717, 1.165) is 22.9 Å². The fourth-order valence-corrected chi connectivity index (χ4v) is 3.01. The molecule has 2 aromatic rings. The number of nitrogens with one attached hydrogen (secondary N) is 1. The van der Waals surface area contributed by atoms with Crippen LogP contribution in [0.3, 0.4) is 0 Å². The monoisotopic (exact) mass is 294 g/mol. The predicted molar refractivity (Wildman–Crippen MR) is 83.2 cm³/mol. The molecule has 2 unspecified atom stereocenters. The quantitative estimate of drug-likeness (QED) is 0.846. The van der Waals surface area contributed by atoms with Crippen LogP contribution in [-0.4, -0.2) is 43.6 Å². The van der Waals surface area contributed by atoms with Gasteiger partial charge in [0.05, 0.1) is 18.5 Å². The van der Waals surface area contributed by atoms with Crippen LogP contribution in [0.2, 0.25) is 0 Å². The van der Waals surface area contributed by atoms with Crippen molar-refractivity contribution in [3.05, 3.63) is 29.3 Å². The van der Waals surface area contributed by atoms with Gasteiger partial charge in [-0.25, -0.2) is 9.97 Å². The SMILES string of the molecule is CSC(CO)C(C)NCc1cnc2nc(C)cc(C)n12. The summed E-state index contributed by atoms with van der Waals surface area (Å²) < 4.78 is 2.07. The lowest BCUT2D eigenvalue weighted by atomic mass is 10.2. The second-order valence-corrected chi connectivity index (χ2v) is 6.13. The summed E-state index contributed by atoms with van der Waals surface area (Å²) in [5.41, 5.74) is 3.21. The van der Waals surface area contributed by atoms with Gasteiger partial charge in [-0.15, -0.1) is 0 Å². The Bertz CT molecular complexity index is 580. The van der Waals surface area contributed by atoms with Crippen LogP contribution in [0, 0.1) is 13.8 Å². The number of aliphatic hydroxyl groups excluding tert-OH is 1. The van der Waals surface area contributed by atoms with E-state index in [1.165, 1.54) is 0 Å². The zero-order valence-electron chi connectivity index (χ0n) is 12.4. The Kier molecular flexibility index (Phi) is 5.01. The van der Waals surface area contributed by atoms with Gasteiger partial charge in [0.15, 0.2) is 0 Å². The van der Waals surface area contributed by atoms with Gasteiger partial charge in [0.1, 0.15) is 0 Å². The van der Waals surface area contributed by atoms with Crippen LogP contribution in [-0.2, 0) is 6.54 Å². The highest BCUT2D eigenvalue weighted by molar-refractivity contribution is 7.99. The first-order chi connectivity index (χ1) is 9.56. The first kappa shape index (κ1) is 15.3. The molecule has 0 fully saturated rings. The minimum Gasteiger partial charge on any atom is -0.395 e. The zero-order chi connectivity index (χ0) is 14.7. The van der Waals surface area contributed by atoms with E-state index in [-0.39, 0.29) is 17.9 Å². The molecular formula is C14H22N4OS. The number of imidazole rings is 1. The van der Waals surface area contributed by atoms with Gasteiger partial charge in [0.25, 0.3) is 0 Å². The molecule has 2 rings (SSSR count). The third-order valence-electron chi connectivity index (χ3n) is 3.51. The van der Waals surface area contributed by atoms with E-state index in [1.54, 1.807) is 11.8 Å². The Labute approximate surface area is 123 Å². The number of hydrogen-bond acceptors (Lipinski definition) is 5. The lowest BCUT2D eigenvalue weighted by Gasteiger charge is -2.21. The molecule has 0 spiro atoms. The van der Waals surface area contributed by atoms with Gasteiger partial charge in [-0.3, -0.25) is 4.40 Å². The van der Waals surface area contributed by atoms with Crippen molar-refractivity contribution in [1.29, 1.82) is 0 Å². The topological polar surface area (TPSA) is 62.5 Å². The molecule has 0 saturated heterocycles. The van der Waals surface area contributed by atoms with Gasteiger partial charge >= 0.3 is 0 Å². The van der Waals surface area contributed by atoms with Crippen molar-refractivity contribution in [2.24, 2.45) is 0 Å². The molecule has 2 heterocycles. The molecule has 110 valence electrons. The molecule has 0 amide bonds. The third kappa shape index (κ3) is 3.13. The summed E-state index contributed by atoms with van der Waals surface area (Å²) in [7, 11) is 0. The average molecular weight is 294 g/mol. The molecule has 0 aliphatic carbocycles. The highest BCUT2D eigenvalue weighted by Gasteiger charge is 2.15. The van der Waals surface area contributed by atoms with Crippen molar-refractivity contribution >= 4 is 17.5 Å². The van der Waals surface area contributed by atoms with Crippen molar-refractivity contribution in [2.45, 2.75) is 38.6 Å². The fourth-order valence-electron chi connectivity index (χ4n) is 2.35. The minimum atomic E-state index is 0.183. The van der Waals surface area contributed by atoms with E-state index >= 15 is 0 Å². The van der Waals surface area contributed by atoms with Crippen molar-refractivity contribution in [2.75, 3.05) is 12.9 Å². The van der Waals surface area contributed by atoms with Crippen LogP contribution >= 0.6 is 11.8 Å². The smallest absolute Gasteiger partial charge is 0.234 e. The van der Waals surface area contributed by atoms with E-state index in [4.69, 9.17) is 0 Å². The van der Waals surface area contributed by atoms with Crippen molar-refractivity contribution in [3.63, 3.8) is 0 Å². The Morgan fingerprint density at radius 1 is 1.45 bits per heavy atom. The number of nitrogens with zero attached hydrogens (tertiary/aromatic N) is 3. The number of thioether (sulfide) groups is 1. The first-order valence-electron chi connectivity index (χ1n) is 6.74. The maximum Gasteiger partial charge on any atom is 0.234 e. The molecule has 2 N–H and O–H groups in total. The summed E-state index contributed by atoms with van der Waals surface area (Å²) in [5.74, 6) is 0.746. The van der Waals surface area contributed by atoms with Crippen molar-refractivity contribution < 1.29 is 5.11 Å². The van der Waals surface area contributed by atoms with Gasteiger partial charge in [-0.05, 0) is 33.1 Å². The molecule has 2 atom stereocenters. The summed E-state index contributed by atoms with van der Waals surface area (Å²) >= 11 is 1.68. The van der Waals surface area contributed by atoms with Crippen LogP contribution < -0.4 is 5.32 Å². The molecule has 20 heavy (non-hydrogen) atoms. The number of aromatic nitrogens is 3. The summed E-state index contributed by atoms with van der Waals surface area (Å²) in [6.07, 6.45) is 3.88. The molecule has 0 bridgehead atoms. The molecule has 0 saturated carbocycles. The number of rotatable bonds is 6. The Morgan fingerprint density at radius 3 is 2.85 bits per heavy atom. The maximum absolute atomic E-state index is 9.31. The fraction of sp³-hybridized carbons (Fsp3) is 0.571. The molecule has 0 aromatic carbocycles. The van der Waals surface area contributed by atoms with E-state index in [2.05, 4.69) is 39.6 Å². The summed E-state index contributed by atoms with van der Waals surface area (Å²) in [5, 5.41) is 13.0. The van der Waals surface area contributed by atoms with Crippen LogP contribution in [0.25, 0.3) is 5.78 Å². The van der Waals surface area contributed by atoms with Crippen molar-refractivity contribution in [1.82, 2.24) is 19.7 Å². The van der Waals surface area contributed by atoms with E-state index < -0.39 is 0 Å². The maximum atomic E-state index is 9.31. The normalized spacial score (nSPS) is 14.7. The second-order valence-electron chi connectivity index (χ2n) is 5.05. The third-order valence-corrected chi connectivity index (χ3v) is 4.67. The van der Waals surface area contributed by atoms with Gasteiger partial charge in [-0.2, -0.15) is 11.8 Å². The van der Waals surface area contributed by atoms with Crippen molar-refractivity contribution in [3.8, 4) is 0 Å². The van der Waals surface area contributed by atoms with Gasteiger partial charge < -0.3 is 10.4 Å². The molecule has 0 radical (unpaired) electrons. The lowest BCUT2D eigenvalue weighted by molar-refractivity contribution is 0.275. The number of aliphatic hydroxyl groups is 1. The van der Waals surface area contributed by atoms with Crippen LogP contribution in [0.4, 0.5) is 0 Å².